The van der Waals surface area contributed by atoms with Crippen molar-refractivity contribution in [1.82, 2.24) is 10.2 Å². The predicted octanol–water partition coefficient (Wildman–Crippen LogP) is 2.08. The van der Waals surface area contributed by atoms with Crippen LogP contribution < -0.4 is 5.32 Å². The lowest BCUT2D eigenvalue weighted by molar-refractivity contribution is -0.149. The van der Waals surface area contributed by atoms with Crippen LogP contribution in [-0.2, 0) is 28.5 Å². The van der Waals surface area contributed by atoms with E-state index in [1.165, 1.54) is 4.90 Å². The van der Waals surface area contributed by atoms with E-state index in [2.05, 4.69) is 5.32 Å². The third-order valence-corrected chi connectivity index (χ3v) is 3.56. The number of esters is 1. The van der Waals surface area contributed by atoms with Gasteiger partial charge in [0.1, 0.15) is 12.1 Å². The maximum atomic E-state index is 12.2. The summed E-state index contributed by atoms with van der Waals surface area (Å²) in [4.78, 5) is 37.7. The topological polar surface area (TPSA) is 103 Å². The minimum Gasteiger partial charge on any atom is -0.464 e. The standard InChI is InChI=1S/C21H39BN2O7/c1-8-9-29-18(26)14-24(17(25)12-22)13-16(23-19(27)31-21(5,6)7)15-28-10-11-30-20(2,3)4/h16H,8-15H2,1-7H3,(H,23,27)/t16-/m1/s1. The van der Waals surface area contributed by atoms with Gasteiger partial charge in [0.25, 0.3) is 0 Å². The van der Waals surface area contributed by atoms with E-state index in [4.69, 9.17) is 26.8 Å². The van der Waals surface area contributed by atoms with Gasteiger partial charge >= 0.3 is 12.1 Å². The summed E-state index contributed by atoms with van der Waals surface area (Å²) in [5, 5.41) is 2.69. The van der Waals surface area contributed by atoms with Gasteiger partial charge in [0.05, 0.1) is 45.9 Å². The Kier molecular flexibility index (Phi) is 13.5. The van der Waals surface area contributed by atoms with E-state index in [0.717, 1.165) is 0 Å². The van der Waals surface area contributed by atoms with Crippen molar-refractivity contribution in [2.45, 2.75) is 78.5 Å². The molecule has 2 amide bonds. The highest BCUT2D eigenvalue weighted by molar-refractivity contribution is 6.19. The molecule has 0 unspecified atom stereocenters. The van der Waals surface area contributed by atoms with Gasteiger partial charge in [-0.25, -0.2) is 4.79 Å². The number of ether oxygens (including phenoxy) is 4. The molecule has 0 aromatic heterocycles. The first-order valence-electron chi connectivity index (χ1n) is 10.6. The van der Waals surface area contributed by atoms with Crippen molar-refractivity contribution in [3.8, 4) is 0 Å². The molecule has 0 aromatic carbocycles. The molecule has 0 saturated carbocycles. The number of nitrogens with one attached hydrogen (secondary N) is 1. The highest BCUT2D eigenvalue weighted by atomic mass is 16.6. The zero-order valence-corrected chi connectivity index (χ0v) is 20.1. The smallest absolute Gasteiger partial charge is 0.408 e. The van der Waals surface area contributed by atoms with Crippen molar-refractivity contribution >= 4 is 25.8 Å². The summed E-state index contributed by atoms with van der Waals surface area (Å²) in [5.41, 5.74) is -0.979. The Morgan fingerprint density at radius 2 is 1.65 bits per heavy atom. The Hall–Kier alpha value is -1.81. The van der Waals surface area contributed by atoms with Crippen molar-refractivity contribution in [1.29, 1.82) is 0 Å². The lowest BCUT2D eigenvalue weighted by Crippen LogP contribution is -2.50. The molecule has 1 N–H and O–H groups in total. The second-order valence-corrected chi connectivity index (χ2v) is 9.08. The number of carbonyl (C=O) groups excluding carboxylic acids is 3. The Morgan fingerprint density at radius 3 is 2.16 bits per heavy atom. The molecule has 0 aliphatic heterocycles. The fourth-order valence-corrected chi connectivity index (χ4v) is 2.31. The molecule has 31 heavy (non-hydrogen) atoms. The Balaban J connectivity index is 5.06. The van der Waals surface area contributed by atoms with Gasteiger partial charge in [-0.3, -0.25) is 9.59 Å². The molecular weight excluding hydrogens is 403 g/mol. The highest BCUT2D eigenvalue weighted by Gasteiger charge is 2.25. The van der Waals surface area contributed by atoms with Crippen LogP contribution in [0.25, 0.3) is 0 Å². The van der Waals surface area contributed by atoms with Crippen molar-refractivity contribution in [3.63, 3.8) is 0 Å². The van der Waals surface area contributed by atoms with Crippen LogP contribution in [0.1, 0.15) is 54.9 Å². The van der Waals surface area contributed by atoms with Gasteiger partial charge in [-0.2, -0.15) is 0 Å². The third kappa shape index (κ3) is 16.5. The fraction of sp³-hybridized carbons (Fsp3) is 0.857. The molecule has 0 spiro atoms. The zero-order valence-electron chi connectivity index (χ0n) is 20.1. The summed E-state index contributed by atoms with van der Waals surface area (Å²) in [6.45, 7) is 13.7. The van der Waals surface area contributed by atoms with Crippen LogP contribution in [0.15, 0.2) is 0 Å². The van der Waals surface area contributed by atoms with Crippen LogP contribution >= 0.6 is 0 Å². The fourth-order valence-electron chi connectivity index (χ4n) is 2.31. The van der Waals surface area contributed by atoms with E-state index in [9.17, 15) is 14.4 Å². The molecular formula is C21H39BN2O7. The normalized spacial score (nSPS) is 12.7. The number of hydrogen-bond donors (Lipinski definition) is 1. The van der Waals surface area contributed by atoms with Crippen LogP contribution in [0, 0.1) is 0 Å². The predicted molar refractivity (Wildman–Crippen MR) is 118 cm³/mol. The van der Waals surface area contributed by atoms with Crippen molar-refractivity contribution in [2.24, 2.45) is 0 Å². The molecule has 0 fully saturated rings. The summed E-state index contributed by atoms with van der Waals surface area (Å²) in [6.07, 6.45) is -0.259. The van der Waals surface area contributed by atoms with Crippen molar-refractivity contribution in [3.05, 3.63) is 0 Å². The van der Waals surface area contributed by atoms with Crippen LogP contribution in [0.4, 0.5) is 4.79 Å². The van der Waals surface area contributed by atoms with E-state index in [1.807, 2.05) is 27.7 Å². The number of carbonyl (C=O) groups is 3. The molecule has 0 aliphatic rings. The quantitative estimate of drug-likeness (QED) is 0.265. The van der Waals surface area contributed by atoms with Crippen molar-refractivity contribution in [2.75, 3.05) is 39.5 Å². The monoisotopic (exact) mass is 442 g/mol. The van der Waals surface area contributed by atoms with Gasteiger partial charge in [0.2, 0.25) is 5.91 Å². The molecule has 178 valence electrons. The number of rotatable bonds is 13. The number of amides is 2. The largest absolute Gasteiger partial charge is 0.464 e. The molecule has 0 bridgehead atoms. The van der Waals surface area contributed by atoms with Crippen LogP contribution in [0.3, 0.4) is 0 Å². The zero-order chi connectivity index (χ0) is 24.1. The van der Waals surface area contributed by atoms with Crippen LogP contribution in [0.2, 0.25) is 6.32 Å². The van der Waals surface area contributed by atoms with E-state index < -0.39 is 29.6 Å². The first-order valence-corrected chi connectivity index (χ1v) is 10.6. The van der Waals surface area contributed by atoms with E-state index in [-0.39, 0.29) is 38.2 Å². The second-order valence-electron chi connectivity index (χ2n) is 9.08. The van der Waals surface area contributed by atoms with Gasteiger partial charge in [-0.05, 0) is 54.3 Å². The Morgan fingerprint density at radius 1 is 1.00 bits per heavy atom. The average Bonchev–Trinajstić information content (AvgIpc) is 2.62. The minimum atomic E-state index is -0.688. The lowest BCUT2D eigenvalue weighted by atomic mass is 10.0. The van der Waals surface area contributed by atoms with Crippen LogP contribution in [-0.4, -0.2) is 87.5 Å². The van der Waals surface area contributed by atoms with Crippen molar-refractivity contribution < 1.29 is 33.3 Å². The molecule has 0 aromatic rings. The summed E-state index contributed by atoms with van der Waals surface area (Å²) in [6, 6.07) is -0.626. The Bertz CT molecular complexity index is 559. The van der Waals surface area contributed by atoms with E-state index >= 15 is 0 Å². The summed E-state index contributed by atoms with van der Waals surface area (Å²) >= 11 is 0. The molecule has 1 atom stereocenters. The van der Waals surface area contributed by atoms with Gasteiger partial charge in [0.15, 0.2) is 0 Å². The average molecular weight is 442 g/mol. The summed E-state index contributed by atoms with van der Waals surface area (Å²) in [5.74, 6) is -0.986. The highest BCUT2D eigenvalue weighted by Crippen LogP contribution is 2.08. The van der Waals surface area contributed by atoms with Gasteiger partial charge in [-0.1, -0.05) is 6.92 Å². The molecule has 0 rings (SSSR count). The minimum absolute atomic E-state index is 0.0105. The SMILES string of the molecule is [B]CC(=O)N(CC(=O)OCCC)C[C@H](COCCOC(C)(C)C)NC(=O)OC(C)(C)C. The number of hydrogen-bond acceptors (Lipinski definition) is 7. The van der Waals surface area contributed by atoms with E-state index in [1.54, 1.807) is 20.8 Å². The number of alkyl carbamates (subject to hydrolysis) is 1. The Labute approximate surface area is 187 Å². The molecule has 0 heterocycles. The molecule has 2 radical (unpaired) electrons. The van der Waals surface area contributed by atoms with Gasteiger partial charge in [0, 0.05) is 6.54 Å². The first kappa shape index (κ1) is 29.2. The number of nitrogens with zero attached hydrogens (tertiary/aromatic N) is 1. The second kappa shape index (κ2) is 14.3. The molecule has 0 saturated heterocycles. The lowest BCUT2D eigenvalue weighted by Gasteiger charge is -2.29. The summed E-state index contributed by atoms with van der Waals surface area (Å²) in [7, 11) is 5.49. The first-order chi connectivity index (χ1) is 14.3. The molecule has 0 aliphatic carbocycles. The van der Waals surface area contributed by atoms with Gasteiger partial charge in [-0.15, -0.1) is 0 Å². The third-order valence-electron chi connectivity index (χ3n) is 3.56. The maximum Gasteiger partial charge on any atom is 0.408 e. The molecule has 9 nitrogen and oxygen atoms in total. The van der Waals surface area contributed by atoms with Crippen LogP contribution in [0.5, 0.6) is 0 Å². The summed E-state index contributed by atoms with van der Waals surface area (Å²) < 4.78 is 21.6. The molecule has 10 heteroatoms. The van der Waals surface area contributed by atoms with E-state index in [0.29, 0.717) is 19.6 Å². The van der Waals surface area contributed by atoms with Gasteiger partial charge < -0.3 is 29.2 Å². The maximum absolute atomic E-state index is 12.2.